The summed E-state index contributed by atoms with van der Waals surface area (Å²) in [6.07, 6.45) is 1.41. The summed E-state index contributed by atoms with van der Waals surface area (Å²) in [5.41, 5.74) is 0.922. The van der Waals surface area contributed by atoms with Crippen molar-refractivity contribution in [1.29, 1.82) is 0 Å². The van der Waals surface area contributed by atoms with Gasteiger partial charge in [-0.15, -0.1) is 0 Å². The molecule has 0 amide bonds. The summed E-state index contributed by atoms with van der Waals surface area (Å²) in [4.78, 5) is 26.8. The van der Waals surface area contributed by atoms with Crippen molar-refractivity contribution in [2.75, 3.05) is 7.11 Å². The number of hydrogen-bond donors (Lipinski definition) is 0. The summed E-state index contributed by atoms with van der Waals surface area (Å²) in [6, 6.07) is 9.55. The van der Waals surface area contributed by atoms with Crippen molar-refractivity contribution < 1.29 is 19.2 Å². The number of nitrogens with zero attached hydrogens (tertiary/aromatic N) is 2. The zero-order valence-electron chi connectivity index (χ0n) is 13.2. The van der Waals surface area contributed by atoms with E-state index in [9.17, 15) is 14.9 Å². The van der Waals surface area contributed by atoms with Crippen molar-refractivity contribution in [3.63, 3.8) is 0 Å². The van der Waals surface area contributed by atoms with Crippen molar-refractivity contribution in [3.05, 3.63) is 71.4 Å². The predicted molar refractivity (Wildman–Crippen MR) is 107 cm³/mol. The Balaban J connectivity index is 2.02. The lowest BCUT2D eigenvalue weighted by Gasteiger charge is -2.04. The van der Waals surface area contributed by atoms with Crippen molar-refractivity contribution in [2.24, 2.45) is 4.99 Å². The van der Waals surface area contributed by atoms with Gasteiger partial charge in [-0.05, 0) is 68.9 Å². The second kappa shape index (κ2) is 7.54. The number of ether oxygens (including phenoxy) is 2. The van der Waals surface area contributed by atoms with E-state index >= 15 is 0 Å². The molecule has 0 unspecified atom stereocenters. The van der Waals surface area contributed by atoms with Crippen LogP contribution < -0.4 is 4.74 Å². The third kappa shape index (κ3) is 3.78. The standard InChI is InChI=1S/C17H10BrIN2O5/c1-25-15-5-3-11(21(23)24)6-10(15)8-14-17(22)26-16(20-14)9-2-4-13(19)12(18)7-9/h2-8H,1H3/b14-8-. The second-order valence-corrected chi connectivity index (χ2v) is 7.16. The molecule has 0 bridgehead atoms. The van der Waals surface area contributed by atoms with Gasteiger partial charge in [0.15, 0.2) is 5.70 Å². The maximum atomic E-state index is 12.1. The first-order chi connectivity index (χ1) is 12.4. The number of nitro groups is 1. The summed E-state index contributed by atoms with van der Waals surface area (Å²) in [5, 5.41) is 11.0. The summed E-state index contributed by atoms with van der Waals surface area (Å²) in [5.74, 6) is -0.0810. The van der Waals surface area contributed by atoms with Gasteiger partial charge in [-0.25, -0.2) is 9.79 Å². The highest BCUT2D eigenvalue weighted by molar-refractivity contribution is 14.1. The van der Waals surface area contributed by atoms with Gasteiger partial charge in [-0.3, -0.25) is 10.1 Å². The number of nitro benzene ring substituents is 1. The Hall–Kier alpha value is -2.27. The normalized spacial score (nSPS) is 15.0. The zero-order chi connectivity index (χ0) is 18.8. The fraction of sp³-hybridized carbons (Fsp3) is 0.0588. The highest BCUT2D eigenvalue weighted by Gasteiger charge is 2.25. The molecular weight excluding hydrogens is 519 g/mol. The molecule has 2 aromatic rings. The van der Waals surface area contributed by atoms with E-state index < -0.39 is 10.9 Å². The maximum absolute atomic E-state index is 12.1. The number of methoxy groups -OCH3 is 1. The van der Waals surface area contributed by atoms with Crippen LogP contribution in [0.4, 0.5) is 5.69 Å². The first kappa shape index (κ1) is 18.5. The molecule has 0 saturated carbocycles. The van der Waals surface area contributed by atoms with Gasteiger partial charge in [0.25, 0.3) is 5.69 Å². The Morgan fingerprint density at radius 2 is 2.08 bits per heavy atom. The van der Waals surface area contributed by atoms with Crippen molar-refractivity contribution in [2.45, 2.75) is 0 Å². The summed E-state index contributed by atoms with van der Waals surface area (Å²) < 4.78 is 12.3. The minimum absolute atomic E-state index is 0.0356. The summed E-state index contributed by atoms with van der Waals surface area (Å²) in [6.45, 7) is 0. The molecule has 2 aromatic carbocycles. The Morgan fingerprint density at radius 3 is 2.73 bits per heavy atom. The number of non-ortho nitro benzene ring substituents is 1. The average molecular weight is 529 g/mol. The van der Waals surface area contributed by atoms with Gasteiger partial charge < -0.3 is 9.47 Å². The van der Waals surface area contributed by atoms with E-state index in [0.717, 1.165) is 8.04 Å². The van der Waals surface area contributed by atoms with Crippen molar-refractivity contribution >= 4 is 62.2 Å². The molecule has 0 aliphatic carbocycles. The van der Waals surface area contributed by atoms with Crippen LogP contribution in [-0.4, -0.2) is 23.9 Å². The number of carbonyl (C=O) groups excluding carboxylic acids is 1. The van der Waals surface area contributed by atoms with Crippen LogP contribution in [0.2, 0.25) is 0 Å². The quantitative estimate of drug-likeness (QED) is 0.194. The Labute approximate surface area is 170 Å². The highest BCUT2D eigenvalue weighted by Crippen LogP contribution is 2.29. The minimum Gasteiger partial charge on any atom is -0.496 e. The first-order valence-electron chi connectivity index (χ1n) is 7.19. The number of esters is 1. The van der Waals surface area contributed by atoms with Gasteiger partial charge in [-0.2, -0.15) is 0 Å². The number of rotatable bonds is 4. The van der Waals surface area contributed by atoms with Crippen LogP contribution in [0, 0.1) is 13.7 Å². The molecule has 0 radical (unpaired) electrons. The fourth-order valence-electron chi connectivity index (χ4n) is 2.26. The molecule has 0 saturated heterocycles. The molecule has 0 spiro atoms. The third-order valence-corrected chi connectivity index (χ3v) is 5.84. The Bertz CT molecular complexity index is 987. The molecule has 1 aliphatic rings. The van der Waals surface area contributed by atoms with Gasteiger partial charge in [0.2, 0.25) is 5.90 Å². The number of hydrogen-bond acceptors (Lipinski definition) is 6. The van der Waals surface area contributed by atoms with Crippen LogP contribution in [0.15, 0.2) is 51.6 Å². The van der Waals surface area contributed by atoms with E-state index in [1.807, 2.05) is 6.07 Å². The van der Waals surface area contributed by atoms with Crippen LogP contribution in [0.5, 0.6) is 5.75 Å². The highest BCUT2D eigenvalue weighted by atomic mass is 127. The van der Waals surface area contributed by atoms with E-state index in [4.69, 9.17) is 9.47 Å². The van der Waals surface area contributed by atoms with Gasteiger partial charge in [0.1, 0.15) is 5.75 Å². The largest absolute Gasteiger partial charge is 0.496 e. The van der Waals surface area contributed by atoms with Gasteiger partial charge >= 0.3 is 5.97 Å². The van der Waals surface area contributed by atoms with Crippen molar-refractivity contribution in [1.82, 2.24) is 0 Å². The van der Waals surface area contributed by atoms with E-state index in [2.05, 4.69) is 43.5 Å². The lowest BCUT2D eigenvalue weighted by molar-refractivity contribution is -0.384. The maximum Gasteiger partial charge on any atom is 0.363 e. The smallest absolute Gasteiger partial charge is 0.363 e. The molecule has 0 atom stereocenters. The van der Waals surface area contributed by atoms with E-state index in [1.54, 1.807) is 12.1 Å². The monoisotopic (exact) mass is 528 g/mol. The molecule has 1 aliphatic heterocycles. The van der Waals surface area contributed by atoms with Gasteiger partial charge in [0, 0.05) is 31.3 Å². The summed E-state index contributed by atoms with van der Waals surface area (Å²) in [7, 11) is 1.44. The topological polar surface area (TPSA) is 91.0 Å². The molecule has 0 N–H and O–H groups in total. The molecule has 1 heterocycles. The Morgan fingerprint density at radius 1 is 1.31 bits per heavy atom. The lowest BCUT2D eigenvalue weighted by Crippen LogP contribution is -2.05. The minimum atomic E-state index is -0.636. The van der Waals surface area contributed by atoms with E-state index in [0.29, 0.717) is 16.9 Å². The molecule has 26 heavy (non-hydrogen) atoms. The number of benzene rings is 2. The molecule has 132 valence electrons. The predicted octanol–water partition coefficient (Wildman–Crippen LogP) is 4.32. The van der Waals surface area contributed by atoms with E-state index in [-0.39, 0.29) is 17.3 Å². The molecular formula is C17H10BrIN2O5. The van der Waals surface area contributed by atoms with Gasteiger partial charge in [-0.1, -0.05) is 0 Å². The second-order valence-electron chi connectivity index (χ2n) is 5.15. The van der Waals surface area contributed by atoms with Crippen LogP contribution >= 0.6 is 38.5 Å². The SMILES string of the molecule is COc1ccc([N+](=O)[O-])cc1/C=C1\N=C(c2ccc(I)c(Br)c2)OC1=O. The Kier molecular flexibility index (Phi) is 5.37. The van der Waals surface area contributed by atoms with Crippen molar-refractivity contribution in [3.8, 4) is 5.75 Å². The van der Waals surface area contributed by atoms with Crippen LogP contribution in [0.3, 0.4) is 0 Å². The lowest BCUT2D eigenvalue weighted by atomic mass is 10.1. The molecule has 7 nitrogen and oxygen atoms in total. The molecule has 3 rings (SSSR count). The number of carbonyl (C=O) groups is 1. The molecule has 0 fully saturated rings. The molecule has 0 aromatic heterocycles. The fourth-order valence-corrected chi connectivity index (χ4v) is 2.97. The van der Waals surface area contributed by atoms with Crippen LogP contribution in [0.25, 0.3) is 6.08 Å². The van der Waals surface area contributed by atoms with Crippen LogP contribution in [0.1, 0.15) is 11.1 Å². The first-order valence-corrected chi connectivity index (χ1v) is 9.06. The molecule has 9 heteroatoms. The number of halogens is 2. The zero-order valence-corrected chi connectivity index (χ0v) is 17.0. The average Bonchev–Trinajstić information content (AvgIpc) is 2.98. The summed E-state index contributed by atoms with van der Waals surface area (Å²) >= 11 is 5.59. The van der Waals surface area contributed by atoms with E-state index in [1.165, 1.54) is 31.4 Å². The van der Waals surface area contributed by atoms with Crippen LogP contribution in [-0.2, 0) is 9.53 Å². The number of aliphatic imine (C=N–C) groups is 1. The third-order valence-electron chi connectivity index (χ3n) is 3.50. The van der Waals surface area contributed by atoms with Gasteiger partial charge in [0.05, 0.1) is 12.0 Å². The number of cyclic esters (lactones) is 1.